The van der Waals surface area contributed by atoms with Gasteiger partial charge in [-0.15, -0.1) is 11.3 Å². The number of aromatic nitrogens is 3. The van der Waals surface area contributed by atoms with Crippen molar-refractivity contribution in [1.29, 1.82) is 0 Å². The molecule has 144 valence electrons. The Morgan fingerprint density at radius 1 is 1.23 bits per heavy atom. The molecule has 0 aromatic carbocycles. The summed E-state index contributed by atoms with van der Waals surface area (Å²) in [5.74, 6) is 1.96. The van der Waals surface area contributed by atoms with Gasteiger partial charge in [-0.3, -0.25) is 4.99 Å². The van der Waals surface area contributed by atoms with Crippen molar-refractivity contribution in [1.82, 2.24) is 25.8 Å². The summed E-state index contributed by atoms with van der Waals surface area (Å²) in [4.78, 5) is 11.9. The van der Waals surface area contributed by atoms with Crippen molar-refractivity contribution in [2.75, 3.05) is 20.1 Å². The lowest BCUT2D eigenvalue weighted by atomic mass is 10.2. The number of nitrogens with zero attached hydrogens (tertiary/aromatic N) is 4. The smallest absolute Gasteiger partial charge is 0.356 e. The van der Waals surface area contributed by atoms with Gasteiger partial charge in [-0.1, -0.05) is 19.0 Å². The molecule has 0 saturated carbocycles. The maximum Gasteiger partial charge on any atom is 0.434 e. The summed E-state index contributed by atoms with van der Waals surface area (Å²) < 4.78 is 42.7. The Hall–Kier alpha value is -2.17. The van der Waals surface area contributed by atoms with Gasteiger partial charge >= 0.3 is 6.18 Å². The SMILES string of the molecule is CN=C(NCCc1nc(C(C)C)no1)NCCc1nc(C(F)(F)F)cs1. The number of guanidine groups is 1. The third kappa shape index (κ3) is 5.97. The second kappa shape index (κ2) is 8.97. The predicted molar refractivity (Wildman–Crippen MR) is 92.3 cm³/mol. The Labute approximate surface area is 153 Å². The van der Waals surface area contributed by atoms with Crippen molar-refractivity contribution < 1.29 is 17.7 Å². The minimum absolute atomic E-state index is 0.207. The molecule has 2 rings (SSSR count). The first-order chi connectivity index (χ1) is 12.3. The molecule has 26 heavy (non-hydrogen) atoms. The summed E-state index contributed by atoms with van der Waals surface area (Å²) in [5.41, 5.74) is -0.847. The van der Waals surface area contributed by atoms with Crippen LogP contribution >= 0.6 is 11.3 Å². The van der Waals surface area contributed by atoms with Crippen molar-refractivity contribution in [3.05, 3.63) is 27.8 Å². The first-order valence-corrected chi connectivity index (χ1v) is 8.96. The maximum absolute atomic E-state index is 12.5. The lowest BCUT2D eigenvalue weighted by Gasteiger charge is -2.10. The molecule has 0 aliphatic rings. The molecule has 7 nitrogen and oxygen atoms in total. The highest BCUT2D eigenvalue weighted by molar-refractivity contribution is 7.09. The topological polar surface area (TPSA) is 88.2 Å². The molecular weight excluding hydrogens is 369 g/mol. The first kappa shape index (κ1) is 20.1. The van der Waals surface area contributed by atoms with E-state index in [1.165, 1.54) is 0 Å². The monoisotopic (exact) mass is 390 g/mol. The molecule has 2 aromatic heterocycles. The second-order valence-electron chi connectivity index (χ2n) is 5.75. The molecular formula is C15H21F3N6OS. The van der Waals surface area contributed by atoms with E-state index in [4.69, 9.17) is 4.52 Å². The predicted octanol–water partition coefficient (Wildman–Crippen LogP) is 2.62. The first-order valence-electron chi connectivity index (χ1n) is 8.08. The van der Waals surface area contributed by atoms with Crippen LogP contribution in [-0.2, 0) is 19.0 Å². The quantitative estimate of drug-likeness (QED) is 0.558. The number of alkyl halides is 3. The Morgan fingerprint density at radius 3 is 2.46 bits per heavy atom. The Kier molecular flexibility index (Phi) is 6.95. The van der Waals surface area contributed by atoms with E-state index in [1.54, 1.807) is 7.05 Å². The van der Waals surface area contributed by atoms with E-state index >= 15 is 0 Å². The molecule has 2 aromatic rings. The van der Waals surface area contributed by atoms with E-state index < -0.39 is 11.9 Å². The minimum Gasteiger partial charge on any atom is -0.356 e. The van der Waals surface area contributed by atoms with Crippen LogP contribution in [0.3, 0.4) is 0 Å². The third-order valence-corrected chi connectivity index (χ3v) is 4.24. The largest absolute Gasteiger partial charge is 0.434 e. The summed E-state index contributed by atoms with van der Waals surface area (Å²) in [6, 6.07) is 0. The lowest BCUT2D eigenvalue weighted by molar-refractivity contribution is -0.140. The van der Waals surface area contributed by atoms with E-state index in [1.807, 2.05) is 13.8 Å². The fraction of sp³-hybridized carbons (Fsp3) is 0.600. The van der Waals surface area contributed by atoms with Crippen LogP contribution in [-0.4, -0.2) is 41.2 Å². The number of thiazole rings is 1. The lowest BCUT2D eigenvalue weighted by Crippen LogP contribution is -2.39. The van der Waals surface area contributed by atoms with Crippen LogP contribution in [0.1, 0.15) is 42.2 Å². The molecule has 0 bridgehead atoms. The van der Waals surface area contributed by atoms with Crippen LogP contribution < -0.4 is 10.6 Å². The molecule has 0 atom stereocenters. The summed E-state index contributed by atoms with van der Waals surface area (Å²) in [6.07, 6.45) is -3.48. The van der Waals surface area contributed by atoms with Gasteiger partial charge in [-0.25, -0.2) is 4.98 Å². The van der Waals surface area contributed by atoms with Crippen molar-refractivity contribution in [3.8, 4) is 0 Å². The van der Waals surface area contributed by atoms with Crippen LogP contribution in [0.5, 0.6) is 0 Å². The molecule has 0 saturated heterocycles. The van der Waals surface area contributed by atoms with E-state index in [0.29, 0.717) is 48.6 Å². The summed E-state index contributed by atoms with van der Waals surface area (Å²) in [6.45, 7) is 4.93. The molecule has 0 spiro atoms. The maximum atomic E-state index is 12.5. The van der Waals surface area contributed by atoms with Crippen LogP contribution in [0.4, 0.5) is 13.2 Å². The van der Waals surface area contributed by atoms with E-state index in [2.05, 4.69) is 30.8 Å². The summed E-state index contributed by atoms with van der Waals surface area (Å²) in [7, 11) is 1.62. The zero-order chi connectivity index (χ0) is 19.2. The van der Waals surface area contributed by atoms with Crippen molar-refractivity contribution in [3.63, 3.8) is 0 Å². The van der Waals surface area contributed by atoms with Gasteiger partial charge in [0.05, 0.1) is 5.01 Å². The average molecular weight is 390 g/mol. The van der Waals surface area contributed by atoms with Crippen LogP contribution in [0, 0.1) is 0 Å². The van der Waals surface area contributed by atoms with Gasteiger partial charge < -0.3 is 15.2 Å². The molecule has 0 unspecified atom stereocenters. The minimum atomic E-state index is -4.40. The fourth-order valence-corrected chi connectivity index (χ4v) is 2.76. The Bertz CT molecular complexity index is 725. The van der Waals surface area contributed by atoms with Gasteiger partial charge in [-0.2, -0.15) is 18.2 Å². The van der Waals surface area contributed by atoms with Crippen molar-refractivity contribution in [2.45, 2.75) is 38.8 Å². The van der Waals surface area contributed by atoms with Crippen molar-refractivity contribution >= 4 is 17.3 Å². The molecule has 2 heterocycles. The number of hydrogen-bond donors (Lipinski definition) is 2. The molecule has 0 aliphatic heterocycles. The van der Waals surface area contributed by atoms with Gasteiger partial charge in [0, 0.05) is 44.3 Å². The number of aliphatic imine (C=N–C) groups is 1. The molecule has 0 fully saturated rings. The van der Waals surface area contributed by atoms with Gasteiger partial charge in [0.15, 0.2) is 17.5 Å². The van der Waals surface area contributed by atoms with Gasteiger partial charge in [-0.05, 0) is 0 Å². The fourth-order valence-electron chi connectivity index (χ4n) is 1.96. The molecule has 0 aliphatic carbocycles. The van der Waals surface area contributed by atoms with E-state index in [-0.39, 0.29) is 5.92 Å². The third-order valence-electron chi connectivity index (χ3n) is 3.33. The molecule has 0 radical (unpaired) electrons. The highest BCUT2D eigenvalue weighted by Gasteiger charge is 2.33. The van der Waals surface area contributed by atoms with Gasteiger partial charge in [0.2, 0.25) is 5.89 Å². The highest BCUT2D eigenvalue weighted by Crippen LogP contribution is 2.29. The van der Waals surface area contributed by atoms with Gasteiger partial charge in [0.25, 0.3) is 0 Å². The summed E-state index contributed by atoms with van der Waals surface area (Å²) in [5, 5.41) is 11.5. The normalized spacial score (nSPS) is 12.7. The zero-order valence-corrected chi connectivity index (χ0v) is 15.5. The van der Waals surface area contributed by atoms with E-state index in [0.717, 1.165) is 16.7 Å². The molecule has 2 N–H and O–H groups in total. The Balaban J connectivity index is 1.71. The van der Waals surface area contributed by atoms with Crippen molar-refractivity contribution in [2.24, 2.45) is 4.99 Å². The van der Waals surface area contributed by atoms with Crippen LogP contribution in [0.25, 0.3) is 0 Å². The number of hydrogen-bond acceptors (Lipinski definition) is 6. The summed E-state index contributed by atoms with van der Waals surface area (Å²) >= 11 is 0.996. The van der Waals surface area contributed by atoms with E-state index in [9.17, 15) is 13.2 Å². The average Bonchev–Trinajstić information content (AvgIpc) is 3.22. The standard InChI is InChI=1S/C15H21F3N6OS/c1-9(2)13-23-11(25-24-13)4-6-20-14(19-3)21-7-5-12-22-10(8-26-12)15(16,17)18/h8-9H,4-7H2,1-3H3,(H2,19,20,21). The number of rotatable bonds is 7. The number of nitrogens with one attached hydrogen (secondary N) is 2. The Morgan fingerprint density at radius 2 is 1.92 bits per heavy atom. The van der Waals surface area contributed by atoms with Crippen LogP contribution in [0.15, 0.2) is 14.9 Å². The zero-order valence-electron chi connectivity index (χ0n) is 14.7. The second-order valence-corrected chi connectivity index (χ2v) is 6.69. The highest BCUT2D eigenvalue weighted by atomic mass is 32.1. The number of halogens is 3. The molecule has 0 amide bonds. The van der Waals surface area contributed by atoms with Gasteiger partial charge in [0.1, 0.15) is 0 Å². The van der Waals surface area contributed by atoms with Crippen LogP contribution in [0.2, 0.25) is 0 Å². The molecule has 11 heteroatoms.